The minimum atomic E-state index is -0.978. The van der Waals surface area contributed by atoms with Crippen molar-refractivity contribution in [2.45, 2.75) is 31.9 Å². The van der Waals surface area contributed by atoms with Gasteiger partial charge in [0.15, 0.2) is 0 Å². The normalized spacial score (nSPS) is 18.9. The summed E-state index contributed by atoms with van der Waals surface area (Å²) in [4.78, 5) is 29.5. The molecular formula is C16H20N4O3. The third-order valence-electron chi connectivity index (χ3n) is 4.05. The molecular weight excluding hydrogens is 296 g/mol. The van der Waals surface area contributed by atoms with Crippen molar-refractivity contribution in [2.75, 3.05) is 13.1 Å². The van der Waals surface area contributed by atoms with Crippen LogP contribution in [0.3, 0.4) is 0 Å². The smallest absolute Gasteiger partial charge is 0.251 e. The van der Waals surface area contributed by atoms with Crippen LogP contribution < -0.4 is 5.32 Å². The Morgan fingerprint density at radius 3 is 3.13 bits per heavy atom. The number of nitrogens with one attached hydrogen (secondary N) is 1. The van der Waals surface area contributed by atoms with Gasteiger partial charge in [0, 0.05) is 19.3 Å². The molecule has 1 saturated heterocycles. The van der Waals surface area contributed by atoms with E-state index in [2.05, 4.69) is 10.3 Å². The summed E-state index contributed by atoms with van der Waals surface area (Å²) in [5, 5.41) is 12.5. The van der Waals surface area contributed by atoms with Crippen LogP contribution in [0.25, 0.3) is 5.52 Å². The third kappa shape index (κ3) is 3.68. The molecule has 2 aromatic heterocycles. The Morgan fingerprint density at radius 1 is 1.39 bits per heavy atom. The average Bonchev–Trinajstić information content (AvgIpc) is 2.96. The monoisotopic (exact) mass is 316 g/mol. The van der Waals surface area contributed by atoms with Gasteiger partial charge >= 0.3 is 0 Å². The molecule has 7 nitrogen and oxygen atoms in total. The van der Waals surface area contributed by atoms with Crippen LogP contribution in [0.15, 0.2) is 30.9 Å². The Bertz CT molecular complexity index is 712. The topological polar surface area (TPSA) is 86.9 Å². The first-order valence-electron chi connectivity index (χ1n) is 7.77. The summed E-state index contributed by atoms with van der Waals surface area (Å²) in [6.45, 7) is 0.894. The van der Waals surface area contributed by atoms with Gasteiger partial charge in [-0.15, -0.1) is 0 Å². The molecule has 1 fully saturated rings. The Morgan fingerprint density at radius 2 is 2.26 bits per heavy atom. The van der Waals surface area contributed by atoms with Gasteiger partial charge in [-0.3, -0.25) is 9.59 Å². The second-order valence-electron chi connectivity index (χ2n) is 5.81. The zero-order chi connectivity index (χ0) is 16.2. The van der Waals surface area contributed by atoms with Crippen molar-refractivity contribution in [3.63, 3.8) is 0 Å². The van der Waals surface area contributed by atoms with Gasteiger partial charge in [-0.2, -0.15) is 0 Å². The first-order valence-corrected chi connectivity index (χ1v) is 7.77. The van der Waals surface area contributed by atoms with Crippen LogP contribution in [0.1, 0.15) is 24.8 Å². The molecule has 2 amide bonds. The second kappa shape index (κ2) is 6.78. The number of hydrogen-bond acceptors (Lipinski definition) is 4. The lowest BCUT2D eigenvalue weighted by Gasteiger charge is -2.21. The molecule has 0 aliphatic carbocycles. The summed E-state index contributed by atoms with van der Waals surface area (Å²) in [5.41, 5.74) is 1.94. The van der Waals surface area contributed by atoms with Crippen LogP contribution in [-0.2, 0) is 16.1 Å². The predicted octanol–water partition coefficient (Wildman–Crippen LogP) is 0.324. The summed E-state index contributed by atoms with van der Waals surface area (Å²) in [5.74, 6) is -0.573. The molecule has 0 aromatic carbocycles. The van der Waals surface area contributed by atoms with Crippen molar-refractivity contribution in [3.8, 4) is 0 Å². The zero-order valence-electron chi connectivity index (χ0n) is 12.8. The number of likely N-dealkylation sites (tertiary alicyclic amines) is 1. The molecule has 0 saturated carbocycles. The number of carbonyl (C=O) groups is 2. The minimum Gasteiger partial charge on any atom is -0.383 e. The van der Waals surface area contributed by atoms with E-state index in [0.717, 1.165) is 23.9 Å². The van der Waals surface area contributed by atoms with E-state index in [1.54, 1.807) is 12.5 Å². The molecule has 1 aliphatic rings. The molecule has 3 heterocycles. The maximum Gasteiger partial charge on any atom is 0.251 e. The largest absolute Gasteiger partial charge is 0.383 e. The fourth-order valence-corrected chi connectivity index (χ4v) is 2.74. The number of pyridine rings is 1. The van der Waals surface area contributed by atoms with Crippen molar-refractivity contribution in [1.29, 1.82) is 0 Å². The fraction of sp³-hybridized carbons (Fsp3) is 0.438. The van der Waals surface area contributed by atoms with Crippen LogP contribution >= 0.6 is 0 Å². The van der Waals surface area contributed by atoms with Crippen molar-refractivity contribution >= 4 is 17.3 Å². The lowest BCUT2D eigenvalue weighted by Crippen LogP contribution is -2.44. The molecule has 3 rings (SSSR count). The average molecular weight is 316 g/mol. The number of fused-ring (bicyclic) bond motifs is 1. The highest BCUT2D eigenvalue weighted by Crippen LogP contribution is 2.11. The van der Waals surface area contributed by atoms with Gasteiger partial charge in [0.25, 0.3) is 5.91 Å². The Kier molecular flexibility index (Phi) is 4.57. The second-order valence-corrected chi connectivity index (χ2v) is 5.81. The van der Waals surface area contributed by atoms with Gasteiger partial charge in [-0.1, -0.05) is 6.07 Å². The maximum atomic E-state index is 12.1. The summed E-state index contributed by atoms with van der Waals surface area (Å²) >= 11 is 0. The van der Waals surface area contributed by atoms with E-state index in [1.165, 1.54) is 4.90 Å². The molecule has 1 aliphatic heterocycles. The molecule has 7 heteroatoms. The first kappa shape index (κ1) is 15.5. The number of aromatic nitrogens is 2. The van der Waals surface area contributed by atoms with E-state index in [4.69, 9.17) is 0 Å². The first-order chi connectivity index (χ1) is 11.1. The Balaban J connectivity index is 1.55. The molecule has 23 heavy (non-hydrogen) atoms. The molecule has 0 radical (unpaired) electrons. The fourth-order valence-electron chi connectivity index (χ4n) is 2.74. The molecule has 2 aromatic rings. The summed E-state index contributed by atoms with van der Waals surface area (Å²) in [6, 6.07) is 3.86. The summed E-state index contributed by atoms with van der Waals surface area (Å²) < 4.78 is 1.89. The lowest BCUT2D eigenvalue weighted by molar-refractivity contribution is -0.142. The van der Waals surface area contributed by atoms with Crippen LogP contribution in [0.2, 0.25) is 0 Å². The van der Waals surface area contributed by atoms with Crippen molar-refractivity contribution in [2.24, 2.45) is 0 Å². The van der Waals surface area contributed by atoms with Gasteiger partial charge in [-0.25, -0.2) is 4.98 Å². The Labute approximate surface area is 133 Å². The van der Waals surface area contributed by atoms with Crippen LogP contribution in [0.5, 0.6) is 0 Å². The third-order valence-corrected chi connectivity index (χ3v) is 4.05. The summed E-state index contributed by atoms with van der Waals surface area (Å²) in [7, 11) is 0. The van der Waals surface area contributed by atoms with Gasteiger partial charge in [-0.05, 0) is 30.9 Å². The van der Waals surface area contributed by atoms with Crippen LogP contribution in [0.4, 0.5) is 0 Å². The molecule has 122 valence electrons. The maximum absolute atomic E-state index is 12.1. The summed E-state index contributed by atoms with van der Waals surface area (Å²) in [6.07, 6.45) is 6.49. The van der Waals surface area contributed by atoms with Gasteiger partial charge in [0.2, 0.25) is 5.91 Å². The van der Waals surface area contributed by atoms with Crippen LogP contribution in [0, 0.1) is 0 Å². The highest BCUT2D eigenvalue weighted by molar-refractivity contribution is 5.87. The van der Waals surface area contributed by atoms with E-state index in [0.29, 0.717) is 19.5 Å². The van der Waals surface area contributed by atoms with E-state index >= 15 is 0 Å². The van der Waals surface area contributed by atoms with Gasteiger partial charge in [0.05, 0.1) is 24.6 Å². The van der Waals surface area contributed by atoms with Crippen molar-refractivity contribution < 1.29 is 14.7 Å². The predicted molar refractivity (Wildman–Crippen MR) is 83.5 cm³/mol. The lowest BCUT2D eigenvalue weighted by atomic mass is 10.2. The molecule has 0 spiro atoms. The Hall–Kier alpha value is -2.41. The SMILES string of the molecule is O=C(CN1CCCCC(O)C1=O)NCc1ccc2cncn2c1. The highest BCUT2D eigenvalue weighted by Gasteiger charge is 2.26. The number of hydrogen-bond donors (Lipinski definition) is 2. The number of carbonyl (C=O) groups excluding carboxylic acids is 2. The van der Waals surface area contributed by atoms with Crippen molar-refractivity contribution in [1.82, 2.24) is 19.6 Å². The number of nitrogens with zero attached hydrogens (tertiary/aromatic N) is 3. The van der Waals surface area contributed by atoms with Crippen molar-refractivity contribution in [3.05, 3.63) is 36.4 Å². The number of amides is 2. The van der Waals surface area contributed by atoms with Crippen LogP contribution in [-0.4, -0.2) is 50.4 Å². The number of imidazole rings is 1. The van der Waals surface area contributed by atoms with E-state index in [9.17, 15) is 14.7 Å². The quantitative estimate of drug-likeness (QED) is 0.851. The number of rotatable bonds is 4. The molecule has 1 unspecified atom stereocenters. The van der Waals surface area contributed by atoms with Gasteiger partial charge in [0.1, 0.15) is 6.10 Å². The number of aliphatic hydroxyl groups is 1. The molecule has 2 N–H and O–H groups in total. The molecule has 0 bridgehead atoms. The minimum absolute atomic E-state index is 0.0107. The highest BCUT2D eigenvalue weighted by atomic mass is 16.3. The van der Waals surface area contributed by atoms with E-state index < -0.39 is 6.10 Å². The number of aliphatic hydroxyl groups excluding tert-OH is 1. The van der Waals surface area contributed by atoms with E-state index in [1.807, 2.05) is 22.7 Å². The van der Waals surface area contributed by atoms with Gasteiger partial charge < -0.3 is 19.7 Å². The zero-order valence-corrected chi connectivity index (χ0v) is 12.8. The standard InChI is InChI=1S/C16H20N4O3/c21-14-3-1-2-6-19(16(14)23)10-15(22)18-7-12-4-5-13-8-17-11-20(13)9-12/h4-5,8-9,11,14,21H,1-3,6-7,10H2,(H,18,22). The van der Waals surface area contributed by atoms with E-state index in [-0.39, 0.29) is 18.4 Å². The molecule has 1 atom stereocenters.